The molecule has 0 aromatic heterocycles. The summed E-state index contributed by atoms with van der Waals surface area (Å²) in [5.74, 6) is -0.585. The molecular weight excluding hydrogens is 182 g/mol. The second kappa shape index (κ2) is 5.14. The van der Waals surface area contributed by atoms with Crippen LogP contribution in [0.5, 0.6) is 0 Å². The number of ketones is 1. The fraction of sp³-hybridized carbons (Fsp3) is 0.200. The quantitative estimate of drug-likeness (QED) is 0.571. The van der Waals surface area contributed by atoms with Gasteiger partial charge in [-0.1, -0.05) is 30.3 Å². The first-order valence-corrected chi connectivity index (χ1v) is 4.18. The van der Waals surface area contributed by atoms with Gasteiger partial charge >= 0.3 is 5.97 Å². The van der Waals surface area contributed by atoms with Gasteiger partial charge in [0.1, 0.15) is 0 Å². The highest BCUT2D eigenvalue weighted by atomic mass is 16.7. The van der Waals surface area contributed by atoms with Crippen LogP contribution >= 0.6 is 0 Å². The fourth-order valence-electron chi connectivity index (χ4n) is 0.929. The number of hydrogen-bond donors (Lipinski definition) is 1. The third-order valence-corrected chi connectivity index (χ3v) is 1.54. The van der Waals surface area contributed by atoms with Gasteiger partial charge in [0.2, 0.25) is 0 Å². The highest BCUT2D eigenvalue weighted by Crippen LogP contribution is 1.98. The number of hydrogen-bond acceptors (Lipinski definition) is 4. The van der Waals surface area contributed by atoms with Crippen LogP contribution in [0, 0.1) is 0 Å². The zero-order chi connectivity index (χ0) is 10.4. The number of hydroxylamine groups is 1. The number of rotatable bonds is 4. The van der Waals surface area contributed by atoms with Crippen molar-refractivity contribution in [2.45, 2.75) is 6.92 Å². The Bertz CT molecular complexity index is 321. The summed E-state index contributed by atoms with van der Waals surface area (Å²) < 4.78 is 0. The third-order valence-electron chi connectivity index (χ3n) is 1.54. The molecule has 0 unspecified atom stereocenters. The van der Waals surface area contributed by atoms with Crippen molar-refractivity contribution in [1.82, 2.24) is 5.48 Å². The van der Waals surface area contributed by atoms with Gasteiger partial charge in [-0.05, 0) is 0 Å². The van der Waals surface area contributed by atoms with Crippen LogP contribution in [0.15, 0.2) is 30.3 Å². The van der Waals surface area contributed by atoms with Gasteiger partial charge in [-0.25, -0.2) is 0 Å². The maximum absolute atomic E-state index is 11.4. The van der Waals surface area contributed by atoms with Crippen molar-refractivity contribution in [3.05, 3.63) is 35.9 Å². The van der Waals surface area contributed by atoms with E-state index in [1.54, 1.807) is 24.3 Å². The lowest BCUT2D eigenvalue weighted by molar-refractivity contribution is -0.147. The molecule has 0 heterocycles. The first-order chi connectivity index (χ1) is 6.70. The van der Waals surface area contributed by atoms with Gasteiger partial charge in [-0.15, -0.1) is 5.48 Å². The van der Waals surface area contributed by atoms with Crippen LogP contribution in [0.1, 0.15) is 17.3 Å². The molecule has 0 saturated carbocycles. The second-order valence-electron chi connectivity index (χ2n) is 2.70. The van der Waals surface area contributed by atoms with Crippen molar-refractivity contribution >= 4 is 11.8 Å². The van der Waals surface area contributed by atoms with E-state index in [-0.39, 0.29) is 12.3 Å². The smallest absolute Gasteiger partial charge is 0.321 e. The first-order valence-electron chi connectivity index (χ1n) is 4.18. The van der Waals surface area contributed by atoms with E-state index in [0.29, 0.717) is 5.56 Å². The van der Waals surface area contributed by atoms with Gasteiger partial charge < -0.3 is 4.84 Å². The summed E-state index contributed by atoms with van der Waals surface area (Å²) in [6.45, 7) is 1.25. The second-order valence-corrected chi connectivity index (χ2v) is 2.70. The summed E-state index contributed by atoms with van der Waals surface area (Å²) >= 11 is 0. The molecule has 0 aliphatic rings. The van der Waals surface area contributed by atoms with E-state index in [2.05, 4.69) is 10.3 Å². The summed E-state index contributed by atoms with van der Waals surface area (Å²) in [6, 6.07) is 8.80. The van der Waals surface area contributed by atoms with Crippen LogP contribution < -0.4 is 5.48 Å². The lowest BCUT2D eigenvalue weighted by atomic mass is 10.1. The van der Waals surface area contributed by atoms with E-state index in [0.717, 1.165) is 0 Å². The molecule has 0 aliphatic heterocycles. The maximum Gasteiger partial charge on any atom is 0.321 e. The Morgan fingerprint density at radius 1 is 1.29 bits per heavy atom. The van der Waals surface area contributed by atoms with Gasteiger partial charge in [0, 0.05) is 12.5 Å². The first kappa shape index (κ1) is 10.4. The molecule has 0 aliphatic carbocycles. The summed E-state index contributed by atoms with van der Waals surface area (Å²) in [4.78, 5) is 26.2. The number of carbonyl (C=O) groups is 2. The van der Waals surface area contributed by atoms with Crippen LogP contribution in [0.3, 0.4) is 0 Å². The molecule has 74 valence electrons. The van der Waals surface area contributed by atoms with Crippen LogP contribution in [0.4, 0.5) is 0 Å². The number of benzene rings is 1. The van der Waals surface area contributed by atoms with Crippen molar-refractivity contribution in [2.24, 2.45) is 0 Å². The molecule has 0 bridgehead atoms. The molecule has 1 aromatic carbocycles. The molecular formula is C10H11NO3. The molecule has 4 nitrogen and oxygen atoms in total. The Balaban J connectivity index is 2.40. The van der Waals surface area contributed by atoms with Crippen LogP contribution in [-0.4, -0.2) is 18.3 Å². The average molecular weight is 193 g/mol. The predicted octanol–water partition coefficient (Wildman–Crippen LogP) is 0.937. The maximum atomic E-state index is 11.4. The van der Waals surface area contributed by atoms with Crippen LogP contribution in [0.2, 0.25) is 0 Å². The Labute approximate surface area is 81.8 Å². The van der Waals surface area contributed by atoms with Crippen LogP contribution in [0.25, 0.3) is 0 Å². The van der Waals surface area contributed by atoms with Gasteiger partial charge in [0.25, 0.3) is 0 Å². The zero-order valence-corrected chi connectivity index (χ0v) is 7.82. The van der Waals surface area contributed by atoms with E-state index < -0.39 is 5.97 Å². The van der Waals surface area contributed by atoms with Crippen molar-refractivity contribution in [2.75, 3.05) is 6.54 Å². The minimum Gasteiger partial charge on any atom is -0.371 e. The molecule has 1 rings (SSSR count). The standard InChI is InChI=1S/C10H11NO3/c1-8(12)14-11-7-10(13)9-5-3-2-4-6-9/h2-6,11H,7H2,1H3. The predicted molar refractivity (Wildman–Crippen MR) is 50.5 cm³/mol. The minimum absolute atomic E-state index is 0.0103. The topological polar surface area (TPSA) is 55.4 Å². The molecule has 0 saturated heterocycles. The number of Topliss-reactive ketones (excluding diaryl/α,β-unsaturated/α-hetero) is 1. The van der Waals surface area contributed by atoms with Crippen molar-refractivity contribution in [3.8, 4) is 0 Å². The lowest BCUT2D eigenvalue weighted by Gasteiger charge is -2.02. The molecule has 0 fully saturated rings. The van der Waals surface area contributed by atoms with E-state index in [1.165, 1.54) is 6.92 Å². The Morgan fingerprint density at radius 2 is 1.93 bits per heavy atom. The van der Waals surface area contributed by atoms with E-state index in [1.807, 2.05) is 6.07 Å². The largest absolute Gasteiger partial charge is 0.371 e. The molecule has 1 aromatic rings. The Morgan fingerprint density at radius 3 is 2.50 bits per heavy atom. The Kier molecular flexibility index (Phi) is 3.82. The van der Waals surface area contributed by atoms with Crippen molar-refractivity contribution in [3.63, 3.8) is 0 Å². The molecule has 0 radical (unpaired) electrons. The average Bonchev–Trinajstić information content (AvgIpc) is 2.18. The fourth-order valence-corrected chi connectivity index (χ4v) is 0.929. The monoisotopic (exact) mass is 193 g/mol. The van der Waals surface area contributed by atoms with E-state index in [9.17, 15) is 9.59 Å². The molecule has 4 heteroatoms. The summed E-state index contributed by atoms with van der Waals surface area (Å²) in [7, 11) is 0. The number of nitrogens with one attached hydrogen (secondary N) is 1. The van der Waals surface area contributed by atoms with Gasteiger partial charge in [0.05, 0.1) is 6.54 Å². The highest BCUT2D eigenvalue weighted by Gasteiger charge is 2.04. The van der Waals surface area contributed by atoms with Gasteiger partial charge in [-0.2, -0.15) is 0 Å². The normalized spacial score (nSPS) is 9.50. The Hall–Kier alpha value is -1.68. The molecule has 0 spiro atoms. The van der Waals surface area contributed by atoms with Crippen molar-refractivity contribution in [1.29, 1.82) is 0 Å². The highest BCUT2D eigenvalue weighted by molar-refractivity contribution is 5.97. The summed E-state index contributed by atoms with van der Waals surface area (Å²) in [5, 5.41) is 0. The number of carbonyl (C=O) groups excluding carboxylic acids is 2. The minimum atomic E-state index is -0.467. The zero-order valence-electron chi connectivity index (χ0n) is 7.82. The van der Waals surface area contributed by atoms with Crippen molar-refractivity contribution < 1.29 is 14.4 Å². The van der Waals surface area contributed by atoms with Gasteiger partial charge in [-0.3, -0.25) is 9.59 Å². The summed E-state index contributed by atoms with van der Waals surface area (Å²) in [6.07, 6.45) is 0. The van der Waals surface area contributed by atoms with E-state index >= 15 is 0 Å². The lowest BCUT2D eigenvalue weighted by Crippen LogP contribution is -2.25. The molecule has 14 heavy (non-hydrogen) atoms. The van der Waals surface area contributed by atoms with Gasteiger partial charge in [0.15, 0.2) is 5.78 Å². The van der Waals surface area contributed by atoms with E-state index in [4.69, 9.17) is 0 Å². The van der Waals surface area contributed by atoms with Crippen LogP contribution in [-0.2, 0) is 9.63 Å². The molecule has 0 amide bonds. The summed E-state index contributed by atoms with van der Waals surface area (Å²) in [5.41, 5.74) is 2.87. The SMILES string of the molecule is CC(=O)ONCC(=O)c1ccccc1. The molecule has 0 atom stereocenters. The third kappa shape index (κ3) is 3.37. The molecule has 1 N–H and O–H groups in total.